The van der Waals surface area contributed by atoms with Crippen molar-refractivity contribution in [3.63, 3.8) is 0 Å². The number of benzene rings is 1. The number of hydrogen-bond acceptors (Lipinski definition) is 2. The number of anilines is 1. The van der Waals surface area contributed by atoms with Gasteiger partial charge in [0.25, 0.3) is 0 Å². The first-order valence-corrected chi connectivity index (χ1v) is 8.61. The first-order chi connectivity index (χ1) is 13.1. The van der Waals surface area contributed by atoms with Crippen LogP contribution in [0.1, 0.15) is 25.8 Å². The molecule has 8 heteroatoms. The number of allylic oxidation sites excluding steroid dienone is 5. The predicted octanol–water partition coefficient (Wildman–Crippen LogP) is 5.30. The fourth-order valence-electron chi connectivity index (χ4n) is 2.99. The highest BCUT2D eigenvalue weighted by molar-refractivity contribution is 5.90. The minimum absolute atomic E-state index is 0.192. The van der Waals surface area contributed by atoms with Gasteiger partial charge < -0.3 is 15.5 Å². The van der Waals surface area contributed by atoms with Gasteiger partial charge in [-0.15, -0.1) is 0 Å². The van der Waals surface area contributed by atoms with E-state index in [1.54, 1.807) is 5.32 Å². The van der Waals surface area contributed by atoms with Crippen LogP contribution in [0.2, 0.25) is 0 Å². The van der Waals surface area contributed by atoms with E-state index in [-0.39, 0.29) is 11.3 Å². The van der Waals surface area contributed by atoms with Crippen LogP contribution in [0.4, 0.5) is 28.0 Å². The van der Waals surface area contributed by atoms with Crippen molar-refractivity contribution in [1.82, 2.24) is 10.2 Å². The van der Waals surface area contributed by atoms with Gasteiger partial charge in [0.2, 0.25) is 0 Å². The highest BCUT2D eigenvalue weighted by atomic mass is 19.4. The van der Waals surface area contributed by atoms with E-state index >= 15 is 0 Å². The van der Waals surface area contributed by atoms with Crippen LogP contribution in [0, 0.1) is 5.82 Å². The molecule has 2 aliphatic heterocycles. The summed E-state index contributed by atoms with van der Waals surface area (Å²) in [4.78, 5) is 13.5. The fraction of sp³-hybridized carbons (Fsp3) is 0.250. The summed E-state index contributed by atoms with van der Waals surface area (Å²) in [5, 5.41) is 4.03. The van der Waals surface area contributed by atoms with Crippen LogP contribution in [-0.4, -0.2) is 23.7 Å². The Morgan fingerprint density at radius 1 is 1.25 bits per heavy atom. The Labute approximate surface area is 159 Å². The van der Waals surface area contributed by atoms with E-state index in [1.165, 1.54) is 18.2 Å². The Balaban J connectivity index is 1.83. The van der Waals surface area contributed by atoms with Gasteiger partial charge in [0, 0.05) is 23.1 Å². The van der Waals surface area contributed by atoms with Crippen molar-refractivity contribution in [3.05, 3.63) is 70.9 Å². The van der Waals surface area contributed by atoms with E-state index in [9.17, 15) is 22.4 Å². The van der Waals surface area contributed by atoms with Crippen molar-refractivity contribution in [2.24, 2.45) is 0 Å². The number of amides is 2. The van der Waals surface area contributed by atoms with E-state index < -0.39 is 24.6 Å². The highest BCUT2D eigenvalue weighted by Gasteiger charge is 2.28. The maximum absolute atomic E-state index is 14.5. The summed E-state index contributed by atoms with van der Waals surface area (Å²) < 4.78 is 51.2. The van der Waals surface area contributed by atoms with Crippen LogP contribution < -0.4 is 10.6 Å². The zero-order chi connectivity index (χ0) is 20.5. The molecule has 2 heterocycles. The van der Waals surface area contributed by atoms with Crippen molar-refractivity contribution in [2.75, 3.05) is 11.9 Å². The molecular formula is C20H19F4N3O. The van der Waals surface area contributed by atoms with Crippen molar-refractivity contribution in [1.29, 1.82) is 0 Å². The maximum atomic E-state index is 14.5. The van der Waals surface area contributed by atoms with Crippen molar-refractivity contribution < 1.29 is 22.4 Å². The van der Waals surface area contributed by atoms with E-state index in [1.807, 2.05) is 43.2 Å². The quantitative estimate of drug-likeness (QED) is 0.684. The van der Waals surface area contributed by atoms with Gasteiger partial charge in [0.05, 0.1) is 5.70 Å². The Kier molecular flexibility index (Phi) is 5.31. The lowest BCUT2D eigenvalue weighted by molar-refractivity contribution is -0.122. The molecule has 0 saturated carbocycles. The molecule has 28 heavy (non-hydrogen) atoms. The molecule has 0 unspecified atom stereocenters. The minimum atomic E-state index is -4.51. The number of carbonyl (C=O) groups is 1. The predicted molar refractivity (Wildman–Crippen MR) is 99.5 cm³/mol. The van der Waals surface area contributed by atoms with Crippen LogP contribution >= 0.6 is 0 Å². The average Bonchev–Trinajstić information content (AvgIpc) is 2.62. The number of urea groups is 1. The Morgan fingerprint density at radius 3 is 2.71 bits per heavy atom. The molecule has 0 aliphatic carbocycles. The monoisotopic (exact) mass is 393 g/mol. The summed E-state index contributed by atoms with van der Waals surface area (Å²) in [5.41, 5.74) is 4.21. The van der Waals surface area contributed by atoms with Gasteiger partial charge in [-0.1, -0.05) is 6.08 Å². The van der Waals surface area contributed by atoms with Gasteiger partial charge in [-0.2, -0.15) is 13.2 Å². The number of fused-ring (bicyclic) bond motifs is 1. The standard InChI is InChI=1S/C20H19F4N3O/c1-12-7-8-27-17(6-3-13(2)18(27)9-12)15-10-14(4-5-16(15)21)26-19(28)25-11-20(22,23)24/h4-10H,3,11H2,1-2H3,(H2,25,26,28). The molecule has 0 saturated heterocycles. The van der Waals surface area contributed by atoms with Crippen molar-refractivity contribution >= 4 is 17.4 Å². The van der Waals surface area contributed by atoms with Crippen LogP contribution in [0.25, 0.3) is 5.70 Å². The first-order valence-electron chi connectivity index (χ1n) is 8.61. The maximum Gasteiger partial charge on any atom is 0.405 e. The summed E-state index contributed by atoms with van der Waals surface area (Å²) in [6, 6.07) is 2.87. The molecule has 4 nitrogen and oxygen atoms in total. The number of carbonyl (C=O) groups excluding carboxylic acids is 1. The summed E-state index contributed by atoms with van der Waals surface area (Å²) in [5.74, 6) is -0.494. The number of hydrogen-bond donors (Lipinski definition) is 2. The summed E-state index contributed by atoms with van der Waals surface area (Å²) in [7, 11) is 0. The van der Waals surface area contributed by atoms with Gasteiger partial charge >= 0.3 is 12.2 Å². The Morgan fingerprint density at radius 2 is 2.00 bits per heavy atom. The van der Waals surface area contributed by atoms with Crippen LogP contribution in [0.5, 0.6) is 0 Å². The van der Waals surface area contributed by atoms with E-state index in [0.29, 0.717) is 12.1 Å². The molecule has 1 aromatic rings. The molecule has 2 N–H and O–H groups in total. The second-order valence-corrected chi connectivity index (χ2v) is 6.65. The smallest absolute Gasteiger partial charge is 0.329 e. The zero-order valence-electron chi connectivity index (χ0n) is 15.3. The van der Waals surface area contributed by atoms with Crippen LogP contribution in [0.15, 0.2) is 59.5 Å². The lowest BCUT2D eigenvalue weighted by Gasteiger charge is -2.33. The van der Waals surface area contributed by atoms with E-state index in [2.05, 4.69) is 5.32 Å². The molecule has 2 amide bonds. The largest absolute Gasteiger partial charge is 0.405 e. The third-order valence-corrected chi connectivity index (χ3v) is 4.36. The number of halogens is 4. The molecular weight excluding hydrogens is 374 g/mol. The average molecular weight is 393 g/mol. The summed E-state index contributed by atoms with van der Waals surface area (Å²) in [6.45, 7) is 2.52. The Bertz CT molecular complexity index is 926. The highest BCUT2D eigenvalue weighted by Crippen LogP contribution is 2.37. The van der Waals surface area contributed by atoms with E-state index in [4.69, 9.17) is 0 Å². The molecule has 0 aromatic heterocycles. The van der Waals surface area contributed by atoms with Crippen LogP contribution in [-0.2, 0) is 0 Å². The van der Waals surface area contributed by atoms with Gasteiger partial charge in [0.1, 0.15) is 12.4 Å². The van der Waals surface area contributed by atoms with E-state index in [0.717, 1.165) is 16.8 Å². The first kappa shape index (κ1) is 19.7. The lowest BCUT2D eigenvalue weighted by Crippen LogP contribution is -2.36. The molecule has 0 atom stereocenters. The summed E-state index contributed by atoms with van der Waals surface area (Å²) >= 11 is 0. The molecule has 0 radical (unpaired) electrons. The van der Waals surface area contributed by atoms with Crippen LogP contribution in [0.3, 0.4) is 0 Å². The number of rotatable bonds is 3. The molecule has 1 aromatic carbocycles. The van der Waals surface area contributed by atoms with Crippen molar-refractivity contribution in [2.45, 2.75) is 26.4 Å². The zero-order valence-corrected chi connectivity index (χ0v) is 15.3. The summed E-state index contributed by atoms with van der Waals surface area (Å²) in [6.07, 6.45) is 3.76. The normalized spacial score (nSPS) is 16.4. The Hall–Kier alpha value is -3.03. The second kappa shape index (κ2) is 7.53. The minimum Gasteiger partial charge on any atom is -0.329 e. The van der Waals surface area contributed by atoms with Gasteiger partial charge in [-0.25, -0.2) is 9.18 Å². The number of nitrogens with one attached hydrogen (secondary N) is 2. The second-order valence-electron chi connectivity index (χ2n) is 6.65. The topological polar surface area (TPSA) is 44.4 Å². The number of alkyl halides is 3. The fourth-order valence-corrected chi connectivity index (χ4v) is 2.99. The molecule has 0 fully saturated rings. The third kappa shape index (κ3) is 4.44. The lowest BCUT2D eigenvalue weighted by atomic mass is 9.97. The molecule has 2 aliphatic rings. The van der Waals surface area contributed by atoms with Gasteiger partial charge in [0.15, 0.2) is 0 Å². The molecule has 148 valence electrons. The molecule has 0 spiro atoms. The molecule has 3 rings (SSSR count). The molecule has 0 bridgehead atoms. The van der Waals surface area contributed by atoms with Gasteiger partial charge in [-0.3, -0.25) is 0 Å². The van der Waals surface area contributed by atoms with Gasteiger partial charge in [-0.05, 0) is 61.8 Å². The third-order valence-electron chi connectivity index (χ3n) is 4.36. The number of nitrogens with zero attached hydrogens (tertiary/aromatic N) is 1. The SMILES string of the molecule is CC1=CC2=C(C)CC=C(c3cc(NC(=O)NCC(F)(F)F)ccc3F)N2C=C1. The van der Waals surface area contributed by atoms with Crippen molar-refractivity contribution in [3.8, 4) is 0 Å².